The van der Waals surface area contributed by atoms with Crippen LogP contribution in [0.15, 0.2) is 51.8 Å². The molecular formula is C17H16FN3O4S. The Morgan fingerprint density at radius 2 is 1.81 bits per heavy atom. The van der Waals surface area contributed by atoms with E-state index >= 15 is 0 Å². The molecule has 7 nitrogen and oxygen atoms in total. The Morgan fingerprint density at radius 1 is 1.08 bits per heavy atom. The van der Waals surface area contributed by atoms with E-state index in [-0.39, 0.29) is 16.7 Å². The van der Waals surface area contributed by atoms with E-state index in [1.54, 1.807) is 18.2 Å². The van der Waals surface area contributed by atoms with Crippen LogP contribution in [0.4, 0.5) is 16.1 Å². The van der Waals surface area contributed by atoms with Gasteiger partial charge in [-0.2, -0.15) is 9.29 Å². The number of anilines is 2. The SMILES string of the molecule is O=S(=O)(c1ccc2oc(Nc3ccc(F)cc3)nc2c1)N1CCOCC1. The highest BCUT2D eigenvalue weighted by molar-refractivity contribution is 7.89. The van der Waals surface area contributed by atoms with Crippen molar-refractivity contribution in [1.29, 1.82) is 0 Å². The summed E-state index contributed by atoms with van der Waals surface area (Å²) in [6.45, 7) is 1.43. The van der Waals surface area contributed by atoms with E-state index < -0.39 is 10.0 Å². The molecule has 0 aliphatic carbocycles. The zero-order valence-corrected chi connectivity index (χ0v) is 14.5. The summed E-state index contributed by atoms with van der Waals surface area (Å²) in [6.07, 6.45) is 0. The number of rotatable bonds is 4. The molecule has 136 valence electrons. The molecule has 0 radical (unpaired) electrons. The Labute approximate surface area is 149 Å². The summed E-state index contributed by atoms with van der Waals surface area (Å²) in [5.74, 6) is -0.342. The number of nitrogens with zero attached hydrogens (tertiary/aromatic N) is 2. The lowest BCUT2D eigenvalue weighted by atomic mass is 10.3. The molecule has 26 heavy (non-hydrogen) atoms. The maximum absolute atomic E-state index is 13.0. The fourth-order valence-corrected chi connectivity index (χ4v) is 4.14. The summed E-state index contributed by atoms with van der Waals surface area (Å²) in [5, 5.41) is 2.92. The third-order valence-electron chi connectivity index (χ3n) is 4.06. The van der Waals surface area contributed by atoms with E-state index in [0.29, 0.717) is 43.1 Å². The molecule has 0 saturated carbocycles. The van der Waals surface area contributed by atoms with Crippen LogP contribution in [0.2, 0.25) is 0 Å². The van der Waals surface area contributed by atoms with E-state index in [0.717, 1.165) is 0 Å². The van der Waals surface area contributed by atoms with Crippen LogP contribution in [0.25, 0.3) is 11.1 Å². The van der Waals surface area contributed by atoms with E-state index in [4.69, 9.17) is 9.15 Å². The molecule has 0 atom stereocenters. The topological polar surface area (TPSA) is 84.7 Å². The van der Waals surface area contributed by atoms with Gasteiger partial charge in [0.05, 0.1) is 18.1 Å². The molecule has 3 aromatic rings. The summed E-state index contributed by atoms with van der Waals surface area (Å²) in [4.78, 5) is 4.43. The second-order valence-corrected chi connectivity index (χ2v) is 7.73. The van der Waals surface area contributed by atoms with Gasteiger partial charge in [0, 0.05) is 18.8 Å². The quantitative estimate of drug-likeness (QED) is 0.753. The molecule has 9 heteroatoms. The van der Waals surface area contributed by atoms with Crippen LogP contribution in [-0.4, -0.2) is 44.0 Å². The van der Waals surface area contributed by atoms with Crippen LogP contribution < -0.4 is 5.32 Å². The largest absolute Gasteiger partial charge is 0.423 e. The van der Waals surface area contributed by atoms with Crippen LogP contribution >= 0.6 is 0 Å². The predicted molar refractivity (Wildman–Crippen MR) is 93.3 cm³/mol. The zero-order valence-electron chi connectivity index (χ0n) is 13.7. The standard InChI is InChI=1S/C17H16FN3O4S/c18-12-1-3-13(4-2-12)19-17-20-15-11-14(5-6-16(15)25-17)26(22,23)21-7-9-24-10-8-21/h1-6,11H,7-10H2,(H,19,20). The Kier molecular flexibility index (Phi) is 4.35. The summed E-state index contributed by atoms with van der Waals surface area (Å²) in [6, 6.07) is 10.5. The number of nitrogens with one attached hydrogen (secondary N) is 1. The third kappa shape index (κ3) is 3.28. The van der Waals surface area contributed by atoms with Gasteiger partial charge in [0.1, 0.15) is 11.3 Å². The average molecular weight is 377 g/mol. The van der Waals surface area contributed by atoms with Gasteiger partial charge in [-0.15, -0.1) is 0 Å². The van der Waals surface area contributed by atoms with Gasteiger partial charge in [-0.25, -0.2) is 12.8 Å². The van der Waals surface area contributed by atoms with Crippen LogP contribution in [0.1, 0.15) is 0 Å². The first-order chi connectivity index (χ1) is 12.5. The van der Waals surface area contributed by atoms with Gasteiger partial charge >= 0.3 is 0 Å². The number of oxazole rings is 1. The molecule has 2 aromatic carbocycles. The van der Waals surface area contributed by atoms with Gasteiger partial charge in [0.15, 0.2) is 5.58 Å². The van der Waals surface area contributed by atoms with E-state index in [9.17, 15) is 12.8 Å². The molecule has 1 aliphatic rings. The number of benzene rings is 2. The van der Waals surface area contributed by atoms with Crippen molar-refractivity contribution in [2.24, 2.45) is 0 Å². The van der Waals surface area contributed by atoms with Gasteiger partial charge in [-0.3, -0.25) is 0 Å². The van der Waals surface area contributed by atoms with Gasteiger partial charge < -0.3 is 14.5 Å². The minimum absolute atomic E-state index is 0.161. The minimum Gasteiger partial charge on any atom is -0.423 e. The van der Waals surface area contributed by atoms with Crippen molar-refractivity contribution in [3.63, 3.8) is 0 Å². The van der Waals surface area contributed by atoms with Crippen LogP contribution in [0.5, 0.6) is 0 Å². The van der Waals surface area contributed by atoms with Crippen molar-refractivity contribution in [2.75, 3.05) is 31.6 Å². The molecule has 0 spiro atoms. The lowest BCUT2D eigenvalue weighted by molar-refractivity contribution is 0.0730. The number of sulfonamides is 1. The molecular weight excluding hydrogens is 361 g/mol. The molecule has 1 aliphatic heterocycles. The Balaban J connectivity index is 1.62. The molecule has 1 aromatic heterocycles. The van der Waals surface area contributed by atoms with Crippen molar-refractivity contribution < 1.29 is 22.0 Å². The highest BCUT2D eigenvalue weighted by Gasteiger charge is 2.27. The monoisotopic (exact) mass is 377 g/mol. The highest BCUT2D eigenvalue weighted by atomic mass is 32.2. The van der Waals surface area contributed by atoms with Gasteiger partial charge in [0.25, 0.3) is 6.01 Å². The molecule has 0 unspecified atom stereocenters. The van der Waals surface area contributed by atoms with Crippen LogP contribution in [0, 0.1) is 5.82 Å². The minimum atomic E-state index is -3.60. The molecule has 1 N–H and O–H groups in total. The summed E-state index contributed by atoms with van der Waals surface area (Å²) < 4.78 is 50.6. The molecule has 1 fully saturated rings. The number of hydrogen-bond acceptors (Lipinski definition) is 6. The molecule has 1 saturated heterocycles. The van der Waals surface area contributed by atoms with Gasteiger partial charge in [-0.1, -0.05) is 0 Å². The molecule has 0 amide bonds. The molecule has 0 bridgehead atoms. The fourth-order valence-electron chi connectivity index (χ4n) is 2.71. The first kappa shape index (κ1) is 17.0. The molecule has 2 heterocycles. The van der Waals surface area contributed by atoms with Crippen molar-refractivity contribution >= 4 is 32.8 Å². The number of morpholine rings is 1. The second-order valence-electron chi connectivity index (χ2n) is 5.80. The second kappa shape index (κ2) is 6.67. The molecule has 4 rings (SSSR count). The van der Waals surface area contributed by atoms with Crippen molar-refractivity contribution in [1.82, 2.24) is 9.29 Å². The van der Waals surface area contributed by atoms with Crippen LogP contribution in [-0.2, 0) is 14.8 Å². The first-order valence-corrected chi connectivity index (χ1v) is 9.47. The number of hydrogen-bond donors (Lipinski definition) is 1. The number of halogens is 1. The van der Waals surface area contributed by atoms with Crippen molar-refractivity contribution in [3.05, 3.63) is 48.3 Å². The van der Waals surface area contributed by atoms with Crippen molar-refractivity contribution in [2.45, 2.75) is 4.90 Å². The van der Waals surface area contributed by atoms with Crippen molar-refractivity contribution in [3.8, 4) is 0 Å². The Hall–Kier alpha value is -2.49. The Morgan fingerprint density at radius 3 is 2.54 bits per heavy atom. The zero-order chi connectivity index (χ0) is 18.1. The highest BCUT2D eigenvalue weighted by Crippen LogP contribution is 2.26. The fraction of sp³-hybridized carbons (Fsp3) is 0.235. The first-order valence-electron chi connectivity index (χ1n) is 8.03. The number of ether oxygens (including phenoxy) is 1. The summed E-state index contributed by atoms with van der Waals surface area (Å²) >= 11 is 0. The van der Waals surface area contributed by atoms with Gasteiger partial charge in [0.2, 0.25) is 10.0 Å². The average Bonchev–Trinajstić information content (AvgIpc) is 3.06. The predicted octanol–water partition coefficient (Wildman–Crippen LogP) is 2.73. The van der Waals surface area contributed by atoms with E-state index in [1.807, 2.05) is 0 Å². The lowest BCUT2D eigenvalue weighted by Gasteiger charge is -2.25. The maximum atomic E-state index is 13.0. The maximum Gasteiger partial charge on any atom is 0.300 e. The normalized spacial score (nSPS) is 16.0. The Bertz CT molecular complexity index is 1030. The summed E-state index contributed by atoms with van der Waals surface area (Å²) in [7, 11) is -3.60. The number of fused-ring (bicyclic) bond motifs is 1. The van der Waals surface area contributed by atoms with E-state index in [2.05, 4.69) is 10.3 Å². The van der Waals surface area contributed by atoms with E-state index in [1.165, 1.54) is 28.6 Å². The van der Waals surface area contributed by atoms with Crippen LogP contribution in [0.3, 0.4) is 0 Å². The van der Waals surface area contributed by atoms with Gasteiger partial charge in [-0.05, 0) is 42.5 Å². The number of aromatic nitrogens is 1. The lowest BCUT2D eigenvalue weighted by Crippen LogP contribution is -2.40. The summed E-state index contributed by atoms with van der Waals surface area (Å²) in [5.41, 5.74) is 1.48. The smallest absolute Gasteiger partial charge is 0.300 e. The third-order valence-corrected chi connectivity index (χ3v) is 5.96.